The van der Waals surface area contributed by atoms with Gasteiger partial charge in [0.2, 0.25) is 0 Å². The number of piperidine rings is 1. The molecule has 0 aromatic heterocycles. The summed E-state index contributed by atoms with van der Waals surface area (Å²) in [6.45, 7) is 7.56. The Morgan fingerprint density at radius 2 is 1.64 bits per heavy atom. The Balaban J connectivity index is 1.40. The Morgan fingerprint density at radius 1 is 0.964 bits per heavy atom. The average molecular weight is 386 g/mol. The smallest absolute Gasteiger partial charge is 0.134 e. The van der Waals surface area contributed by atoms with Gasteiger partial charge in [-0.15, -0.1) is 0 Å². The van der Waals surface area contributed by atoms with Gasteiger partial charge in [0.05, 0.1) is 6.10 Å². The van der Waals surface area contributed by atoms with Crippen LogP contribution in [-0.4, -0.2) is 36.4 Å². The zero-order valence-corrected chi connectivity index (χ0v) is 18.0. The maximum atomic E-state index is 11.7. The topological polar surface area (TPSA) is 29.5 Å². The van der Waals surface area contributed by atoms with Gasteiger partial charge in [-0.2, -0.15) is 0 Å². The van der Waals surface area contributed by atoms with Crippen molar-refractivity contribution in [2.75, 3.05) is 19.6 Å². The molecule has 1 aromatic rings. The van der Waals surface area contributed by atoms with Crippen molar-refractivity contribution < 1.29 is 9.53 Å². The van der Waals surface area contributed by atoms with Gasteiger partial charge in [-0.25, -0.2) is 0 Å². The summed E-state index contributed by atoms with van der Waals surface area (Å²) in [5.41, 5.74) is 1.45. The zero-order valence-electron chi connectivity index (χ0n) is 18.0. The molecule has 3 rings (SSSR count). The quantitative estimate of drug-likeness (QED) is 0.524. The molecular formula is C25H39NO2. The van der Waals surface area contributed by atoms with E-state index in [4.69, 9.17) is 4.74 Å². The Bertz CT molecular complexity index is 581. The summed E-state index contributed by atoms with van der Waals surface area (Å²) in [4.78, 5) is 14.2. The highest BCUT2D eigenvalue weighted by Crippen LogP contribution is 2.32. The molecule has 2 fully saturated rings. The van der Waals surface area contributed by atoms with E-state index in [1.807, 2.05) is 0 Å². The summed E-state index contributed by atoms with van der Waals surface area (Å²) in [6, 6.07) is 8.91. The van der Waals surface area contributed by atoms with Crippen LogP contribution in [0.2, 0.25) is 0 Å². The van der Waals surface area contributed by atoms with E-state index in [9.17, 15) is 4.79 Å². The van der Waals surface area contributed by atoms with Gasteiger partial charge in [0, 0.05) is 19.4 Å². The highest BCUT2D eigenvalue weighted by atomic mass is 16.5. The van der Waals surface area contributed by atoms with Gasteiger partial charge < -0.3 is 9.64 Å². The van der Waals surface area contributed by atoms with Gasteiger partial charge in [-0.3, -0.25) is 4.79 Å². The molecule has 0 bridgehead atoms. The van der Waals surface area contributed by atoms with E-state index in [1.165, 1.54) is 50.5 Å². The van der Waals surface area contributed by atoms with Crippen LogP contribution in [0.1, 0.15) is 89.5 Å². The number of rotatable bonds is 9. The fourth-order valence-electron chi connectivity index (χ4n) is 4.85. The van der Waals surface area contributed by atoms with Crippen molar-refractivity contribution in [1.29, 1.82) is 0 Å². The summed E-state index contributed by atoms with van der Waals surface area (Å²) >= 11 is 0. The van der Waals surface area contributed by atoms with E-state index in [0.717, 1.165) is 50.6 Å². The Hall–Kier alpha value is -1.35. The summed E-state index contributed by atoms with van der Waals surface area (Å²) in [5, 5.41) is 0. The third kappa shape index (κ3) is 6.34. The van der Waals surface area contributed by atoms with Crippen LogP contribution in [0.15, 0.2) is 24.3 Å². The number of carbonyl (C=O) groups is 1. The largest absolute Gasteiger partial charge is 0.490 e. The fraction of sp³-hybridized carbons (Fsp3) is 0.720. The number of ketones is 1. The van der Waals surface area contributed by atoms with Gasteiger partial charge in [0.15, 0.2) is 0 Å². The van der Waals surface area contributed by atoms with Crippen LogP contribution in [0.25, 0.3) is 0 Å². The van der Waals surface area contributed by atoms with Gasteiger partial charge in [0.25, 0.3) is 0 Å². The molecular weight excluding hydrogens is 346 g/mol. The van der Waals surface area contributed by atoms with Crippen molar-refractivity contribution in [3.63, 3.8) is 0 Å². The van der Waals surface area contributed by atoms with Gasteiger partial charge in [0.1, 0.15) is 11.5 Å². The molecule has 0 unspecified atom stereocenters. The first kappa shape index (κ1) is 21.4. The molecule has 2 aliphatic rings. The van der Waals surface area contributed by atoms with E-state index in [0.29, 0.717) is 17.8 Å². The number of hydrogen-bond acceptors (Lipinski definition) is 3. The summed E-state index contributed by atoms with van der Waals surface area (Å²) in [7, 11) is 0. The predicted molar refractivity (Wildman–Crippen MR) is 116 cm³/mol. The molecule has 0 radical (unpaired) electrons. The van der Waals surface area contributed by atoms with Crippen molar-refractivity contribution in [3.05, 3.63) is 29.8 Å². The van der Waals surface area contributed by atoms with Crippen LogP contribution >= 0.6 is 0 Å². The van der Waals surface area contributed by atoms with Crippen molar-refractivity contribution in [1.82, 2.24) is 4.90 Å². The summed E-state index contributed by atoms with van der Waals surface area (Å²) in [5.74, 6) is 3.02. The number of hydrogen-bond donors (Lipinski definition) is 0. The third-order valence-electron chi connectivity index (χ3n) is 6.85. The van der Waals surface area contributed by atoms with E-state index < -0.39 is 0 Å². The summed E-state index contributed by atoms with van der Waals surface area (Å²) < 4.78 is 6.24. The molecule has 156 valence electrons. The van der Waals surface area contributed by atoms with Crippen LogP contribution < -0.4 is 4.74 Å². The lowest BCUT2D eigenvalue weighted by Crippen LogP contribution is -2.34. The minimum Gasteiger partial charge on any atom is -0.490 e. The molecule has 1 saturated heterocycles. The number of nitrogens with zero attached hydrogens (tertiary/aromatic N) is 1. The molecule has 1 aliphatic heterocycles. The van der Waals surface area contributed by atoms with Gasteiger partial charge >= 0.3 is 0 Å². The first-order chi connectivity index (χ1) is 13.7. The molecule has 1 aromatic carbocycles. The van der Waals surface area contributed by atoms with E-state index in [2.05, 4.69) is 43.0 Å². The molecule has 1 aliphatic carbocycles. The van der Waals surface area contributed by atoms with Crippen LogP contribution in [0.3, 0.4) is 0 Å². The highest BCUT2D eigenvalue weighted by molar-refractivity contribution is 5.78. The summed E-state index contributed by atoms with van der Waals surface area (Å²) in [6.07, 6.45) is 11.6. The first-order valence-corrected chi connectivity index (χ1v) is 11.7. The third-order valence-corrected chi connectivity index (χ3v) is 6.85. The zero-order chi connectivity index (χ0) is 19.8. The monoisotopic (exact) mass is 385 g/mol. The number of ether oxygens (including phenoxy) is 1. The van der Waals surface area contributed by atoms with Crippen molar-refractivity contribution in [3.8, 4) is 5.75 Å². The number of likely N-dealkylation sites (tertiary alicyclic amines) is 1. The average Bonchev–Trinajstić information content (AvgIpc) is 2.74. The molecule has 3 nitrogen and oxygen atoms in total. The lowest BCUT2D eigenvalue weighted by atomic mass is 9.86. The molecule has 1 saturated carbocycles. The number of benzene rings is 1. The molecule has 28 heavy (non-hydrogen) atoms. The fourth-order valence-corrected chi connectivity index (χ4v) is 4.85. The second kappa shape index (κ2) is 11.0. The van der Waals surface area contributed by atoms with E-state index >= 15 is 0 Å². The van der Waals surface area contributed by atoms with Crippen molar-refractivity contribution in [2.45, 2.75) is 90.1 Å². The number of Topliss-reactive ketones (excluding diaryl/α,β-unsaturated/α-hetero) is 1. The molecule has 0 N–H and O–H groups in total. The molecule has 0 atom stereocenters. The second-order valence-corrected chi connectivity index (χ2v) is 8.89. The van der Waals surface area contributed by atoms with Crippen molar-refractivity contribution in [2.24, 2.45) is 5.92 Å². The first-order valence-electron chi connectivity index (χ1n) is 11.7. The maximum Gasteiger partial charge on any atom is 0.134 e. The molecule has 3 heteroatoms. The molecule has 1 heterocycles. The SMILES string of the molecule is CCCC(=O)CCN1CCC(c2ccc(O[C@H]3CC[C@H](CC)CC3)cc2)CC1. The lowest BCUT2D eigenvalue weighted by molar-refractivity contribution is -0.119. The van der Waals surface area contributed by atoms with E-state index in [1.54, 1.807) is 0 Å². The normalized spacial score (nSPS) is 24.2. The lowest BCUT2D eigenvalue weighted by Gasteiger charge is -2.32. The standard InChI is InChI=1S/C25H39NO2/c1-3-5-23(27)16-19-26-17-14-22(15-18-26)21-8-12-25(13-9-21)28-24-10-6-20(4-2)7-11-24/h8-9,12-13,20,22,24H,3-7,10-11,14-19H2,1-2H3/t20-,24-. The van der Waals surface area contributed by atoms with Crippen molar-refractivity contribution >= 4 is 5.78 Å². The Morgan fingerprint density at radius 3 is 2.25 bits per heavy atom. The predicted octanol–water partition coefficient (Wildman–Crippen LogP) is 5.97. The highest BCUT2D eigenvalue weighted by Gasteiger charge is 2.23. The van der Waals surface area contributed by atoms with E-state index in [-0.39, 0.29) is 0 Å². The van der Waals surface area contributed by atoms with Crippen LogP contribution in [0.4, 0.5) is 0 Å². The molecule has 0 spiro atoms. The van der Waals surface area contributed by atoms with Crippen LogP contribution in [0, 0.1) is 5.92 Å². The second-order valence-electron chi connectivity index (χ2n) is 8.89. The van der Waals surface area contributed by atoms with Gasteiger partial charge in [-0.1, -0.05) is 32.4 Å². The Labute approximate surface area is 171 Å². The van der Waals surface area contributed by atoms with Gasteiger partial charge in [-0.05, 0) is 87.6 Å². The minimum atomic E-state index is 0.410. The Kier molecular flexibility index (Phi) is 8.39. The number of carbonyl (C=O) groups excluding carboxylic acids is 1. The maximum absolute atomic E-state index is 11.7. The van der Waals surface area contributed by atoms with Crippen LogP contribution in [0.5, 0.6) is 5.75 Å². The molecule has 0 amide bonds. The minimum absolute atomic E-state index is 0.410. The van der Waals surface area contributed by atoms with Crippen LogP contribution in [-0.2, 0) is 4.79 Å².